The maximum Gasteiger partial charge on any atom is 0.188 e. The molecule has 0 aliphatic rings. The van der Waals surface area contributed by atoms with Crippen molar-refractivity contribution >= 4 is 25.4 Å². The molecule has 2 aromatic carbocycles. The van der Waals surface area contributed by atoms with E-state index in [4.69, 9.17) is 9.47 Å². The largest absolute Gasteiger partial charge is 0.467 e. The fourth-order valence-corrected chi connectivity index (χ4v) is 3.73. The van der Waals surface area contributed by atoms with Crippen LogP contribution in [0.3, 0.4) is 0 Å². The van der Waals surface area contributed by atoms with Crippen LogP contribution in [0.25, 0.3) is 0 Å². The second kappa shape index (κ2) is 8.61. The van der Waals surface area contributed by atoms with Crippen molar-refractivity contribution in [3.05, 3.63) is 78.1 Å². The van der Waals surface area contributed by atoms with Gasteiger partial charge in [-0.25, -0.2) is 4.68 Å². The van der Waals surface area contributed by atoms with E-state index in [0.29, 0.717) is 8.58 Å². The van der Waals surface area contributed by atoms with E-state index in [0.717, 1.165) is 11.3 Å². The Hall–Kier alpha value is -2.42. The van der Waals surface area contributed by atoms with Crippen LogP contribution in [-0.2, 0) is 4.74 Å². The average molecular weight is 352 g/mol. The van der Waals surface area contributed by atoms with Crippen LogP contribution in [0.15, 0.2) is 72.1 Å². The number of aryl methyl sites for hydroxylation is 1. The number of nitrogens with zero attached hydrogens (tertiary/aromatic N) is 2. The van der Waals surface area contributed by atoms with Crippen molar-refractivity contribution < 1.29 is 9.47 Å². The predicted octanol–water partition coefficient (Wildman–Crippen LogP) is 3.29. The van der Waals surface area contributed by atoms with Gasteiger partial charge in [0, 0.05) is 30.4 Å². The third-order valence-corrected chi connectivity index (χ3v) is 5.00. The number of benzene rings is 2. The number of rotatable bonds is 7. The van der Waals surface area contributed by atoms with Gasteiger partial charge in [-0.2, -0.15) is 5.10 Å². The Kier molecular flexibility index (Phi) is 5.99. The minimum absolute atomic E-state index is 0.247. The van der Waals surface area contributed by atoms with Crippen LogP contribution in [0, 0.1) is 6.92 Å². The number of hydrogen-bond acceptors (Lipinski definition) is 3. The van der Waals surface area contributed by atoms with Crippen LogP contribution in [0.2, 0.25) is 0 Å². The van der Waals surface area contributed by atoms with Crippen LogP contribution in [0.4, 0.5) is 0 Å². The molecular formula is C20H21N2O2P. The van der Waals surface area contributed by atoms with Gasteiger partial charge in [0.1, 0.15) is 5.75 Å². The maximum absolute atomic E-state index is 5.72. The summed E-state index contributed by atoms with van der Waals surface area (Å²) >= 11 is 0. The maximum atomic E-state index is 5.72. The minimum atomic E-state index is 0.247. The lowest BCUT2D eigenvalue weighted by Crippen LogP contribution is -2.13. The molecule has 0 amide bonds. The SMILES string of the molecule is COCOc1ccc(C)cc1Pc1ccccc1/C=N/n1cccc1. The molecule has 0 aliphatic carbocycles. The van der Waals surface area contributed by atoms with E-state index >= 15 is 0 Å². The van der Waals surface area contributed by atoms with Crippen molar-refractivity contribution in [1.29, 1.82) is 0 Å². The molecule has 0 saturated heterocycles. The van der Waals surface area contributed by atoms with Gasteiger partial charge in [0.25, 0.3) is 0 Å². The van der Waals surface area contributed by atoms with Crippen molar-refractivity contribution in [3.63, 3.8) is 0 Å². The van der Waals surface area contributed by atoms with Crippen molar-refractivity contribution in [2.45, 2.75) is 6.92 Å². The van der Waals surface area contributed by atoms with Crippen molar-refractivity contribution in [3.8, 4) is 5.75 Å². The lowest BCUT2D eigenvalue weighted by Gasteiger charge is -2.13. The Bertz CT molecular complexity index is 845. The molecule has 0 N–H and O–H groups in total. The van der Waals surface area contributed by atoms with Gasteiger partial charge in [-0.1, -0.05) is 44.5 Å². The zero-order valence-corrected chi connectivity index (χ0v) is 15.3. The van der Waals surface area contributed by atoms with Crippen LogP contribution < -0.4 is 15.3 Å². The number of hydrogen-bond donors (Lipinski definition) is 0. The molecule has 0 saturated carbocycles. The summed E-state index contributed by atoms with van der Waals surface area (Å²) in [6.07, 6.45) is 5.73. The van der Waals surface area contributed by atoms with Crippen LogP contribution in [0.5, 0.6) is 5.75 Å². The standard InChI is InChI=1S/C20H21N2O2P/c1-16-9-10-18(24-15-23-2)20(13-16)25-19-8-4-3-7-17(19)14-21-22-11-5-6-12-22/h3-14,25H,15H2,1-2H3/b21-14+. The zero-order chi connectivity index (χ0) is 17.5. The Morgan fingerprint density at radius 3 is 2.64 bits per heavy atom. The first-order chi connectivity index (χ1) is 12.3. The van der Waals surface area contributed by atoms with Gasteiger partial charge in [0.05, 0.1) is 6.21 Å². The summed E-state index contributed by atoms with van der Waals surface area (Å²) in [4.78, 5) is 0. The topological polar surface area (TPSA) is 35.8 Å². The van der Waals surface area contributed by atoms with Crippen molar-refractivity contribution in [2.24, 2.45) is 5.10 Å². The molecule has 4 nitrogen and oxygen atoms in total. The first-order valence-electron chi connectivity index (χ1n) is 8.02. The normalized spacial score (nSPS) is 11.6. The molecule has 5 heteroatoms. The Morgan fingerprint density at radius 2 is 1.84 bits per heavy atom. The highest BCUT2D eigenvalue weighted by Crippen LogP contribution is 2.22. The fraction of sp³-hybridized carbons (Fsp3) is 0.150. The molecule has 0 aliphatic heterocycles. The van der Waals surface area contributed by atoms with Crippen molar-refractivity contribution in [2.75, 3.05) is 13.9 Å². The van der Waals surface area contributed by atoms with E-state index in [1.165, 1.54) is 16.2 Å². The average Bonchev–Trinajstić information content (AvgIpc) is 3.14. The molecule has 1 aromatic heterocycles. The van der Waals surface area contributed by atoms with E-state index < -0.39 is 0 Å². The summed E-state index contributed by atoms with van der Waals surface area (Å²) in [5, 5.41) is 6.87. The summed E-state index contributed by atoms with van der Waals surface area (Å²) in [5.41, 5.74) is 2.32. The van der Waals surface area contributed by atoms with Crippen LogP contribution in [-0.4, -0.2) is 24.8 Å². The summed E-state index contributed by atoms with van der Waals surface area (Å²) in [5.74, 6) is 0.864. The van der Waals surface area contributed by atoms with Crippen LogP contribution >= 0.6 is 8.58 Å². The monoisotopic (exact) mass is 352 g/mol. The number of methoxy groups -OCH3 is 1. The second-order valence-electron chi connectivity index (χ2n) is 5.57. The van der Waals surface area contributed by atoms with E-state index in [-0.39, 0.29) is 6.79 Å². The lowest BCUT2D eigenvalue weighted by atomic mass is 10.2. The van der Waals surface area contributed by atoms with E-state index in [1.807, 2.05) is 42.9 Å². The van der Waals surface area contributed by atoms with E-state index in [1.54, 1.807) is 11.8 Å². The van der Waals surface area contributed by atoms with Gasteiger partial charge in [-0.15, -0.1) is 0 Å². The first kappa shape index (κ1) is 17.4. The molecule has 1 atom stereocenters. The summed E-state index contributed by atoms with van der Waals surface area (Å²) in [6.45, 7) is 2.34. The first-order valence-corrected chi connectivity index (χ1v) is 9.02. The molecule has 0 fully saturated rings. The quantitative estimate of drug-likeness (QED) is 0.372. The van der Waals surface area contributed by atoms with E-state index in [2.05, 4.69) is 42.4 Å². The molecule has 3 aromatic rings. The second-order valence-corrected chi connectivity index (χ2v) is 6.90. The summed E-state index contributed by atoms with van der Waals surface area (Å²) in [7, 11) is 2.10. The molecule has 0 radical (unpaired) electrons. The Balaban J connectivity index is 1.87. The highest BCUT2D eigenvalue weighted by Gasteiger charge is 2.08. The molecule has 128 valence electrons. The predicted molar refractivity (Wildman–Crippen MR) is 105 cm³/mol. The minimum Gasteiger partial charge on any atom is -0.467 e. The van der Waals surface area contributed by atoms with Gasteiger partial charge in [0.15, 0.2) is 6.79 Å². The van der Waals surface area contributed by atoms with Gasteiger partial charge < -0.3 is 9.47 Å². The third kappa shape index (κ3) is 4.79. The summed E-state index contributed by atoms with van der Waals surface area (Å²) < 4.78 is 12.6. The molecule has 3 rings (SSSR count). The van der Waals surface area contributed by atoms with Crippen LogP contribution in [0.1, 0.15) is 11.1 Å². The summed E-state index contributed by atoms with van der Waals surface area (Å²) in [6, 6.07) is 18.5. The van der Waals surface area contributed by atoms with Gasteiger partial charge >= 0.3 is 0 Å². The number of ether oxygens (including phenoxy) is 2. The van der Waals surface area contributed by atoms with Gasteiger partial charge in [-0.3, -0.25) is 0 Å². The van der Waals surface area contributed by atoms with E-state index in [9.17, 15) is 0 Å². The zero-order valence-electron chi connectivity index (χ0n) is 14.3. The molecular weight excluding hydrogens is 331 g/mol. The molecule has 25 heavy (non-hydrogen) atoms. The molecule has 1 heterocycles. The molecule has 0 spiro atoms. The van der Waals surface area contributed by atoms with Gasteiger partial charge in [-0.05, 0) is 36.5 Å². The fourth-order valence-electron chi connectivity index (χ4n) is 2.39. The third-order valence-electron chi connectivity index (χ3n) is 3.62. The highest BCUT2D eigenvalue weighted by atomic mass is 31.1. The smallest absolute Gasteiger partial charge is 0.188 e. The van der Waals surface area contributed by atoms with Crippen molar-refractivity contribution in [1.82, 2.24) is 4.68 Å². The Labute approximate surface area is 149 Å². The number of aromatic nitrogens is 1. The molecule has 0 bridgehead atoms. The Morgan fingerprint density at radius 1 is 1.04 bits per heavy atom. The highest BCUT2D eigenvalue weighted by molar-refractivity contribution is 7.56. The lowest BCUT2D eigenvalue weighted by molar-refractivity contribution is 0.0519. The van der Waals surface area contributed by atoms with Gasteiger partial charge in [0.2, 0.25) is 0 Å². The molecule has 1 unspecified atom stereocenters.